The second kappa shape index (κ2) is 9.47. The Balaban J connectivity index is 1.43. The van der Waals surface area contributed by atoms with E-state index in [9.17, 15) is 0 Å². The van der Waals surface area contributed by atoms with Crippen LogP contribution < -0.4 is 10.6 Å². The third-order valence-electron chi connectivity index (χ3n) is 5.75. The van der Waals surface area contributed by atoms with Crippen molar-refractivity contribution in [2.45, 2.75) is 25.0 Å². The molecule has 2 aliphatic heterocycles. The minimum atomic E-state index is 0.202. The summed E-state index contributed by atoms with van der Waals surface area (Å²) < 4.78 is 5.52. The molecule has 2 N–H and O–H groups in total. The highest BCUT2D eigenvalue weighted by molar-refractivity contribution is 5.31. The van der Waals surface area contributed by atoms with Gasteiger partial charge in [-0.2, -0.15) is 0 Å². The molecule has 2 heterocycles. The second-order valence-corrected chi connectivity index (χ2v) is 7.74. The molecule has 2 fully saturated rings. The molecule has 0 amide bonds. The minimum absolute atomic E-state index is 0.202. The van der Waals surface area contributed by atoms with Crippen LogP contribution in [0, 0.1) is 5.92 Å². The Bertz CT molecular complexity index is 633. The van der Waals surface area contributed by atoms with Gasteiger partial charge in [0.05, 0.1) is 12.2 Å². The zero-order valence-electron chi connectivity index (χ0n) is 16.0. The van der Waals surface area contributed by atoms with Crippen molar-refractivity contribution in [1.29, 1.82) is 0 Å². The van der Waals surface area contributed by atoms with E-state index in [1.165, 1.54) is 30.5 Å². The maximum atomic E-state index is 5.52. The van der Waals surface area contributed by atoms with Crippen molar-refractivity contribution in [3.05, 3.63) is 71.8 Å². The lowest BCUT2D eigenvalue weighted by atomic mass is 9.97. The second-order valence-electron chi connectivity index (χ2n) is 7.74. The van der Waals surface area contributed by atoms with Crippen LogP contribution in [-0.4, -0.2) is 50.5 Å². The molecular weight excluding hydrogens is 334 g/mol. The van der Waals surface area contributed by atoms with Crippen LogP contribution in [0.5, 0.6) is 0 Å². The van der Waals surface area contributed by atoms with Crippen LogP contribution in [0.1, 0.15) is 30.0 Å². The van der Waals surface area contributed by atoms with Gasteiger partial charge in [-0.05, 0) is 29.9 Å². The first-order valence-corrected chi connectivity index (χ1v) is 10.3. The summed E-state index contributed by atoms with van der Waals surface area (Å²) in [7, 11) is 0. The molecule has 2 saturated heterocycles. The molecule has 0 bridgehead atoms. The Hall–Kier alpha value is -1.72. The Morgan fingerprint density at radius 2 is 1.59 bits per heavy atom. The summed E-state index contributed by atoms with van der Waals surface area (Å²) in [5.74, 6) is 0.788. The highest BCUT2D eigenvalue weighted by Gasteiger charge is 2.25. The maximum Gasteiger partial charge on any atom is 0.0710 e. The van der Waals surface area contributed by atoms with Crippen LogP contribution in [0.3, 0.4) is 0 Å². The van der Waals surface area contributed by atoms with Crippen molar-refractivity contribution in [3.63, 3.8) is 0 Å². The molecule has 2 aromatic carbocycles. The molecule has 2 aromatic rings. The van der Waals surface area contributed by atoms with Crippen molar-refractivity contribution in [2.75, 3.05) is 39.4 Å². The summed E-state index contributed by atoms with van der Waals surface area (Å²) in [5.41, 5.74) is 2.62. The van der Waals surface area contributed by atoms with E-state index in [2.05, 4.69) is 76.2 Å². The summed E-state index contributed by atoms with van der Waals surface area (Å²) in [4.78, 5) is 2.62. The van der Waals surface area contributed by atoms with E-state index in [-0.39, 0.29) is 6.04 Å². The molecular formula is C23H31N3O. The van der Waals surface area contributed by atoms with Gasteiger partial charge in [-0.1, -0.05) is 60.7 Å². The molecule has 27 heavy (non-hydrogen) atoms. The third kappa shape index (κ3) is 5.17. The molecule has 0 spiro atoms. The van der Waals surface area contributed by atoms with Crippen LogP contribution in [0.25, 0.3) is 0 Å². The topological polar surface area (TPSA) is 36.5 Å². The van der Waals surface area contributed by atoms with Gasteiger partial charge in [0.15, 0.2) is 0 Å². The Morgan fingerprint density at radius 1 is 0.963 bits per heavy atom. The van der Waals surface area contributed by atoms with Gasteiger partial charge in [0.1, 0.15) is 0 Å². The third-order valence-corrected chi connectivity index (χ3v) is 5.75. The average molecular weight is 366 g/mol. The Morgan fingerprint density at radius 3 is 2.22 bits per heavy atom. The van der Waals surface area contributed by atoms with Crippen molar-refractivity contribution in [2.24, 2.45) is 5.92 Å². The fourth-order valence-corrected chi connectivity index (χ4v) is 4.26. The van der Waals surface area contributed by atoms with Gasteiger partial charge in [-0.3, -0.25) is 15.5 Å². The monoisotopic (exact) mass is 365 g/mol. The standard InChI is InChI=1S/C23H31N3O/c1-3-7-20(8-4-1)23(21-9-5-2-6-10-21)25-22-18-26(14-13-24-22)17-19-11-15-27-16-12-19/h1-10,19,22-25H,11-18H2. The SMILES string of the molecule is c1ccc(C(NC2CN(CC3CCOCC3)CCN2)c2ccccc2)cc1. The van der Waals surface area contributed by atoms with Crippen LogP contribution in [-0.2, 0) is 4.74 Å². The number of piperazine rings is 1. The molecule has 0 radical (unpaired) electrons. The first kappa shape index (κ1) is 18.6. The molecule has 144 valence electrons. The largest absolute Gasteiger partial charge is 0.381 e. The highest BCUT2D eigenvalue weighted by atomic mass is 16.5. The maximum absolute atomic E-state index is 5.52. The van der Waals surface area contributed by atoms with E-state index in [4.69, 9.17) is 4.74 Å². The van der Waals surface area contributed by atoms with Gasteiger partial charge in [0, 0.05) is 39.4 Å². The molecule has 0 aromatic heterocycles. The quantitative estimate of drug-likeness (QED) is 0.825. The lowest BCUT2D eigenvalue weighted by molar-refractivity contribution is 0.0464. The van der Waals surface area contributed by atoms with E-state index >= 15 is 0 Å². The zero-order valence-corrected chi connectivity index (χ0v) is 16.0. The van der Waals surface area contributed by atoms with Crippen molar-refractivity contribution in [3.8, 4) is 0 Å². The fourth-order valence-electron chi connectivity index (χ4n) is 4.26. The molecule has 4 heteroatoms. The van der Waals surface area contributed by atoms with E-state index in [0.717, 1.165) is 38.8 Å². The molecule has 1 unspecified atom stereocenters. The zero-order chi connectivity index (χ0) is 18.3. The van der Waals surface area contributed by atoms with Crippen molar-refractivity contribution in [1.82, 2.24) is 15.5 Å². The van der Waals surface area contributed by atoms with Gasteiger partial charge < -0.3 is 4.74 Å². The summed E-state index contributed by atoms with van der Waals surface area (Å²) >= 11 is 0. The molecule has 4 nitrogen and oxygen atoms in total. The average Bonchev–Trinajstić information content (AvgIpc) is 2.74. The molecule has 1 atom stereocenters. The highest BCUT2D eigenvalue weighted by Crippen LogP contribution is 2.23. The molecule has 0 aliphatic carbocycles. The van der Waals surface area contributed by atoms with Crippen molar-refractivity contribution >= 4 is 0 Å². The van der Waals surface area contributed by atoms with Gasteiger partial charge in [-0.25, -0.2) is 0 Å². The number of nitrogens with zero attached hydrogens (tertiary/aromatic N) is 1. The van der Waals surface area contributed by atoms with Gasteiger partial charge in [0.2, 0.25) is 0 Å². The summed E-state index contributed by atoms with van der Waals surface area (Å²) in [5, 5.41) is 7.56. The number of ether oxygens (including phenoxy) is 1. The number of hydrogen-bond donors (Lipinski definition) is 2. The summed E-state index contributed by atoms with van der Waals surface area (Å²) in [6.45, 7) is 6.29. The molecule has 4 rings (SSSR count). The Labute approximate surface area is 162 Å². The van der Waals surface area contributed by atoms with E-state index in [0.29, 0.717) is 6.17 Å². The predicted octanol–water partition coefficient (Wildman–Crippen LogP) is 3.02. The van der Waals surface area contributed by atoms with E-state index < -0.39 is 0 Å². The Kier molecular flexibility index (Phi) is 6.53. The van der Waals surface area contributed by atoms with E-state index in [1.54, 1.807) is 0 Å². The first-order chi connectivity index (χ1) is 13.4. The van der Waals surface area contributed by atoms with Gasteiger partial charge >= 0.3 is 0 Å². The van der Waals surface area contributed by atoms with Crippen LogP contribution in [0.15, 0.2) is 60.7 Å². The predicted molar refractivity (Wildman–Crippen MR) is 110 cm³/mol. The number of hydrogen-bond acceptors (Lipinski definition) is 4. The smallest absolute Gasteiger partial charge is 0.0710 e. The van der Waals surface area contributed by atoms with Gasteiger partial charge in [0.25, 0.3) is 0 Å². The fraction of sp³-hybridized carbons (Fsp3) is 0.478. The van der Waals surface area contributed by atoms with Crippen LogP contribution in [0.4, 0.5) is 0 Å². The normalized spacial score (nSPS) is 22.2. The van der Waals surface area contributed by atoms with Crippen LogP contribution in [0.2, 0.25) is 0 Å². The molecule has 2 aliphatic rings. The summed E-state index contributed by atoms with van der Waals surface area (Å²) in [6, 6.07) is 21.7. The number of rotatable bonds is 6. The van der Waals surface area contributed by atoms with Crippen molar-refractivity contribution < 1.29 is 4.74 Å². The minimum Gasteiger partial charge on any atom is -0.381 e. The van der Waals surface area contributed by atoms with E-state index in [1.807, 2.05) is 0 Å². The van der Waals surface area contributed by atoms with Crippen LogP contribution >= 0.6 is 0 Å². The summed E-state index contributed by atoms with van der Waals surface area (Å²) in [6.07, 6.45) is 2.71. The number of nitrogens with one attached hydrogen (secondary N) is 2. The first-order valence-electron chi connectivity index (χ1n) is 10.3. The number of benzene rings is 2. The lowest BCUT2D eigenvalue weighted by Gasteiger charge is -2.38. The molecule has 0 saturated carbocycles. The lowest BCUT2D eigenvalue weighted by Crippen LogP contribution is -2.58. The van der Waals surface area contributed by atoms with Gasteiger partial charge in [-0.15, -0.1) is 0 Å².